The molecule has 4 aromatic rings. The van der Waals surface area contributed by atoms with Gasteiger partial charge in [-0.2, -0.15) is 0 Å². The molecule has 0 amide bonds. The van der Waals surface area contributed by atoms with Gasteiger partial charge in [0.05, 0.1) is 5.41 Å². The van der Waals surface area contributed by atoms with Crippen LogP contribution in [0.25, 0.3) is 11.1 Å². The molecule has 0 unspecified atom stereocenters. The Hall–Kier alpha value is -3.72. The van der Waals surface area contributed by atoms with Crippen LogP contribution in [-0.2, 0) is 5.41 Å². The van der Waals surface area contributed by atoms with Crippen molar-refractivity contribution in [1.82, 2.24) is 0 Å². The van der Waals surface area contributed by atoms with Gasteiger partial charge in [-0.05, 0) is 83.8 Å². The monoisotopic (exact) mass is 422 g/mol. The third-order valence-electron chi connectivity index (χ3n) is 6.90. The summed E-state index contributed by atoms with van der Waals surface area (Å²) in [6.07, 6.45) is 0. The first-order valence-corrected chi connectivity index (χ1v) is 10.8. The predicted octanol–water partition coefficient (Wildman–Crippen LogP) is 6.40. The molecule has 160 valence electrons. The summed E-state index contributed by atoms with van der Waals surface area (Å²) in [4.78, 5) is 0. The zero-order chi connectivity index (χ0) is 22.8. The summed E-state index contributed by atoms with van der Waals surface area (Å²) in [7, 11) is 0. The van der Waals surface area contributed by atoms with E-state index in [1.165, 1.54) is 0 Å². The molecule has 3 N–H and O–H groups in total. The summed E-state index contributed by atoms with van der Waals surface area (Å²) in [5.74, 6) is 0.838. The second-order valence-corrected chi connectivity index (χ2v) is 8.91. The van der Waals surface area contributed by atoms with Crippen molar-refractivity contribution in [3.05, 3.63) is 111 Å². The van der Waals surface area contributed by atoms with Gasteiger partial charge >= 0.3 is 0 Å². The van der Waals surface area contributed by atoms with E-state index in [-0.39, 0.29) is 5.75 Å². The standard InChI is InChI=1S/C29H26O3/c1-16-12-20(13-17(2)27(16)31)29(21-14-18(3)28(32)19(4)15-21)23-9-6-5-8-22(23)26-24(29)10-7-11-25(26)30/h5-15,30-32H,1-4H3. The maximum Gasteiger partial charge on any atom is 0.123 e. The molecule has 3 nitrogen and oxygen atoms in total. The van der Waals surface area contributed by atoms with Crippen molar-refractivity contribution in [1.29, 1.82) is 0 Å². The number of aryl methyl sites for hydroxylation is 4. The molecule has 32 heavy (non-hydrogen) atoms. The quantitative estimate of drug-likeness (QED) is 0.308. The van der Waals surface area contributed by atoms with E-state index in [0.29, 0.717) is 11.5 Å². The first-order chi connectivity index (χ1) is 15.3. The molecule has 5 rings (SSSR count). The fourth-order valence-corrected chi connectivity index (χ4v) is 5.44. The fourth-order valence-electron chi connectivity index (χ4n) is 5.44. The SMILES string of the molecule is Cc1cc(C2(c3cc(C)c(O)c(C)c3)c3ccccc3-c3c(O)cccc32)cc(C)c1O. The number of hydrogen-bond donors (Lipinski definition) is 3. The number of benzene rings is 4. The van der Waals surface area contributed by atoms with Crippen molar-refractivity contribution < 1.29 is 15.3 Å². The van der Waals surface area contributed by atoms with Crippen LogP contribution < -0.4 is 0 Å². The molecule has 0 atom stereocenters. The number of hydrogen-bond acceptors (Lipinski definition) is 3. The largest absolute Gasteiger partial charge is 0.507 e. The number of fused-ring (bicyclic) bond motifs is 3. The molecule has 1 aliphatic carbocycles. The Labute approximate surface area is 188 Å². The lowest BCUT2D eigenvalue weighted by Gasteiger charge is -2.35. The highest BCUT2D eigenvalue weighted by Gasteiger charge is 2.47. The highest BCUT2D eigenvalue weighted by atomic mass is 16.3. The molecular weight excluding hydrogens is 396 g/mol. The number of aromatic hydroxyl groups is 3. The normalized spacial score (nSPS) is 13.6. The van der Waals surface area contributed by atoms with Gasteiger partial charge < -0.3 is 15.3 Å². The van der Waals surface area contributed by atoms with Gasteiger partial charge in [-0.15, -0.1) is 0 Å². The van der Waals surface area contributed by atoms with E-state index in [1.54, 1.807) is 6.07 Å². The van der Waals surface area contributed by atoms with Gasteiger partial charge in [-0.3, -0.25) is 0 Å². The van der Waals surface area contributed by atoms with E-state index >= 15 is 0 Å². The molecule has 0 spiro atoms. The van der Waals surface area contributed by atoms with Crippen molar-refractivity contribution in [2.24, 2.45) is 0 Å². The van der Waals surface area contributed by atoms with E-state index in [1.807, 2.05) is 70.2 Å². The number of phenolic OH excluding ortho intramolecular Hbond substituents is 3. The third kappa shape index (κ3) is 2.54. The topological polar surface area (TPSA) is 60.7 Å². The molecule has 0 bridgehead atoms. The molecule has 4 aromatic carbocycles. The van der Waals surface area contributed by atoms with Crippen molar-refractivity contribution in [3.8, 4) is 28.4 Å². The van der Waals surface area contributed by atoms with Gasteiger partial charge in [0.2, 0.25) is 0 Å². The number of phenols is 3. The zero-order valence-electron chi connectivity index (χ0n) is 18.7. The molecule has 0 radical (unpaired) electrons. The summed E-state index contributed by atoms with van der Waals surface area (Å²) in [6, 6.07) is 22.0. The molecule has 1 aliphatic rings. The van der Waals surface area contributed by atoms with Crippen LogP contribution in [0.3, 0.4) is 0 Å². The Morgan fingerprint density at radius 1 is 0.562 bits per heavy atom. The average Bonchev–Trinajstić information content (AvgIpc) is 3.07. The van der Waals surface area contributed by atoms with E-state index in [0.717, 1.165) is 55.6 Å². The van der Waals surface area contributed by atoms with Gasteiger partial charge in [0, 0.05) is 5.56 Å². The second kappa shape index (κ2) is 6.89. The first-order valence-electron chi connectivity index (χ1n) is 10.8. The lowest BCUT2D eigenvalue weighted by Crippen LogP contribution is -2.29. The Bertz CT molecular complexity index is 1290. The smallest absolute Gasteiger partial charge is 0.123 e. The van der Waals surface area contributed by atoms with Crippen molar-refractivity contribution in [2.75, 3.05) is 0 Å². The minimum absolute atomic E-state index is 0.247. The second-order valence-electron chi connectivity index (χ2n) is 8.91. The molecule has 0 fully saturated rings. The highest BCUT2D eigenvalue weighted by Crippen LogP contribution is 2.59. The molecule has 3 heteroatoms. The van der Waals surface area contributed by atoms with Gasteiger partial charge in [0.25, 0.3) is 0 Å². The van der Waals surface area contributed by atoms with Crippen LogP contribution >= 0.6 is 0 Å². The average molecular weight is 423 g/mol. The minimum atomic E-state index is -0.697. The van der Waals surface area contributed by atoms with Crippen LogP contribution in [0.4, 0.5) is 0 Å². The van der Waals surface area contributed by atoms with E-state index in [4.69, 9.17) is 0 Å². The van der Waals surface area contributed by atoms with Gasteiger partial charge in [-0.1, -0.05) is 60.7 Å². The Morgan fingerprint density at radius 2 is 1.03 bits per heavy atom. The van der Waals surface area contributed by atoms with Crippen LogP contribution in [0.2, 0.25) is 0 Å². The van der Waals surface area contributed by atoms with Gasteiger partial charge in [-0.25, -0.2) is 0 Å². The molecule has 0 aromatic heterocycles. The first kappa shape index (κ1) is 20.2. The Kier molecular flexibility index (Phi) is 4.35. The van der Waals surface area contributed by atoms with Gasteiger partial charge in [0.1, 0.15) is 17.2 Å². The summed E-state index contributed by atoms with van der Waals surface area (Å²) < 4.78 is 0. The van der Waals surface area contributed by atoms with E-state index in [9.17, 15) is 15.3 Å². The minimum Gasteiger partial charge on any atom is -0.507 e. The third-order valence-corrected chi connectivity index (χ3v) is 6.90. The van der Waals surface area contributed by atoms with Crippen LogP contribution in [0, 0.1) is 27.7 Å². The zero-order valence-corrected chi connectivity index (χ0v) is 18.7. The predicted molar refractivity (Wildman–Crippen MR) is 128 cm³/mol. The maximum absolute atomic E-state index is 10.9. The summed E-state index contributed by atoms with van der Waals surface area (Å²) in [5.41, 5.74) is 8.45. The molecule has 0 saturated carbocycles. The van der Waals surface area contributed by atoms with Crippen LogP contribution in [0.15, 0.2) is 66.7 Å². The van der Waals surface area contributed by atoms with Crippen LogP contribution in [0.1, 0.15) is 44.5 Å². The summed E-state index contributed by atoms with van der Waals surface area (Å²) in [6.45, 7) is 7.66. The Balaban J connectivity index is 2.02. The fraction of sp³-hybridized carbons (Fsp3) is 0.172. The molecule has 0 saturated heterocycles. The lowest BCUT2D eigenvalue weighted by atomic mass is 9.66. The summed E-state index contributed by atoms with van der Waals surface area (Å²) in [5, 5.41) is 32.0. The lowest BCUT2D eigenvalue weighted by molar-refractivity contribution is 0.465. The van der Waals surface area contributed by atoms with E-state index in [2.05, 4.69) is 18.2 Å². The van der Waals surface area contributed by atoms with Crippen molar-refractivity contribution in [3.63, 3.8) is 0 Å². The maximum atomic E-state index is 10.9. The Morgan fingerprint density at radius 3 is 1.56 bits per heavy atom. The molecular formula is C29H26O3. The summed E-state index contributed by atoms with van der Waals surface area (Å²) >= 11 is 0. The highest BCUT2D eigenvalue weighted by molar-refractivity contribution is 5.89. The van der Waals surface area contributed by atoms with Crippen LogP contribution in [0.5, 0.6) is 17.2 Å². The van der Waals surface area contributed by atoms with Gasteiger partial charge in [0.15, 0.2) is 0 Å². The number of rotatable bonds is 2. The van der Waals surface area contributed by atoms with Crippen molar-refractivity contribution in [2.45, 2.75) is 33.1 Å². The molecule has 0 heterocycles. The van der Waals surface area contributed by atoms with E-state index < -0.39 is 5.41 Å². The molecule has 0 aliphatic heterocycles. The van der Waals surface area contributed by atoms with Crippen LogP contribution in [-0.4, -0.2) is 15.3 Å². The van der Waals surface area contributed by atoms with Crippen molar-refractivity contribution >= 4 is 0 Å².